The van der Waals surface area contributed by atoms with Crippen molar-refractivity contribution in [2.45, 2.75) is 37.0 Å². The SMILES string of the molecule is Cc1ccc(C(=O)N2CC3(C[C@H](OCC4CCOCC4)CS3)C2)o1. The fourth-order valence-electron chi connectivity index (χ4n) is 3.81. The van der Waals surface area contributed by atoms with Gasteiger partial charge in [0, 0.05) is 38.7 Å². The van der Waals surface area contributed by atoms with E-state index >= 15 is 0 Å². The Hall–Kier alpha value is -0.980. The molecule has 1 amide bonds. The highest BCUT2D eigenvalue weighted by Crippen LogP contribution is 2.46. The second-order valence-corrected chi connectivity index (χ2v) is 8.77. The van der Waals surface area contributed by atoms with E-state index in [1.54, 1.807) is 6.07 Å². The maximum atomic E-state index is 12.4. The third kappa shape index (κ3) is 3.37. The zero-order valence-electron chi connectivity index (χ0n) is 14.2. The summed E-state index contributed by atoms with van der Waals surface area (Å²) in [7, 11) is 0. The molecule has 1 atom stereocenters. The molecule has 4 rings (SSSR count). The van der Waals surface area contributed by atoms with Crippen LogP contribution in [0.2, 0.25) is 0 Å². The van der Waals surface area contributed by atoms with Gasteiger partial charge in [-0.15, -0.1) is 11.8 Å². The van der Waals surface area contributed by atoms with E-state index in [4.69, 9.17) is 13.9 Å². The molecule has 3 saturated heterocycles. The molecule has 4 heterocycles. The van der Waals surface area contributed by atoms with E-state index in [2.05, 4.69) is 0 Å². The zero-order chi connectivity index (χ0) is 16.6. The fraction of sp³-hybridized carbons (Fsp3) is 0.722. The van der Waals surface area contributed by atoms with Gasteiger partial charge in [-0.05, 0) is 44.2 Å². The molecule has 5 nitrogen and oxygen atoms in total. The third-order valence-electron chi connectivity index (χ3n) is 5.28. The van der Waals surface area contributed by atoms with Crippen molar-refractivity contribution in [3.8, 4) is 0 Å². The Morgan fingerprint density at radius 1 is 1.38 bits per heavy atom. The standard InChI is InChI=1S/C18H25NO4S/c1-13-2-3-16(23-13)17(20)19-11-18(12-19)8-15(10-24-18)22-9-14-4-6-21-7-5-14/h2-3,14-15H,4-12H2,1H3/t15-/m0/s1. The highest BCUT2D eigenvalue weighted by atomic mass is 32.2. The summed E-state index contributed by atoms with van der Waals surface area (Å²) in [5.74, 6) is 2.96. The lowest BCUT2D eigenvalue weighted by Gasteiger charge is -2.47. The molecule has 1 aromatic rings. The van der Waals surface area contributed by atoms with E-state index in [1.807, 2.05) is 29.7 Å². The van der Waals surface area contributed by atoms with Crippen LogP contribution in [0.1, 0.15) is 35.6 Å². The zero-order valence-corrected chi connectivity index (χ0v) is 15.0. The molecule has 0 aromatic carbocycles. The molecular formula is C18H25NO4S. The summed E-state index contributed by atoms with van der Waals surface area (Å²) < 4.78 is 17.2. The van der Waals surface area contributed by atoms with Crippen LogP contribution in [-0.2, 0) is 9.47 Å². The molecule has 3 aliphatic rings. The van der Waals surface area contributed by atoms with Gasteiger partial charge in [-0.1, -0.05) is 0 Å². The quantitative estimate of drug-likeness (QED) is 0.835. The average molecular weight is 351 g/mol. The minimum Gasteiger partial charge on any atom is -0.456 e. The van der Waals surface area contributed by atoms with E-state index in [-0.39, 0.29) is 10.7 Å². The van der Waals surface area contributed by atoms with Crippen molar-refractivity contribution in [2.75, 3.05) is 38.7 Å². The van der Waals surface area contributed by atoms with Gasteiger partial charge in [-0.2, -0.15) is 0 Å². The molecule has 0 bridgehead atoms. The number of carbonyl (C=O) groups is 1. The Balaban J connectivity index is 1.23. The molecule has 0 radical (unpaired) electrons. The van der Waals surface area contributed by atoms with Crippen LogP contribution < -0.4 is 0 Å². The largest absolute Gasteiger partial charge is 0.456 e. The van der Waals surface area contributed by atoms with Crippen molar-refractivity contribution < 1.29 is 18.7 Å². The maximum absolute atomic E-state index is 12.4. The number of likely N-dealkylation sites (tertiary alicyclic amines) is 1. The van der Waals surface area contributed by atoms with Crippen molar-refractivity contribution in [1.29, 1.82) is 0 Å². The number of ether oxygens (including phenoxy) is 2. The molecule has 0 unspecified atom stereocenters. The molecule has 6 heteroatoms. The van der Waals surface area contributed by atoms with Gasteiger partial charge < -0.3 is 18.8 Å². The second-order valence-electron chi connectivity index (χ2n) is 7.28. The minimum absolute atomic E-state index is 0.0147. The van der Waals surface area contributed by atoms with Gasteiger partial charge in [-0.25, -0.2) is 0 Å². The lowest BCUT2D eigenvalue weighted by atomic mass is 9.92. The summed E-state index contributed by atoms with van der Waals surface area (Å²) in [5.41, 5.74) is 0. The van der Waals surface area contributed by atoms with Crippen molar-refractivity contribution in [2.24, 2.45) is 5.92 Å². The van der Waals surface area contributed by atoms with E-state index in [1.165, 1.54) is 0 Å². The Morgan fingerprint density at radius 2 is 2.17 bits per heavy atom. The summed E-state index contributed by atoms with van der Waals surface area (Å²) >= 11 is 1.97. The summed E-state index contributed by atoms with van der Waals surface area (Å²) in [5, 5.41) is 0. The fourth-order valence-corrected chi connectivity index (χ4v) is 5.36. The molecule has 24 heavy (non-hydrogen) atoms. The first kappa shape index (κ1) is 16.5. The first-order valence-electron chi connectivity index (χ1n) is 8.83. The first-order chi connectivity index (χ1) is 11.6. The summed E-state index contributed by atoms with van der Waals surface area (Å²) in [6, 6.07) is 3.61. The van der Waals surface area contributed by atoms with Gasteiger partial charge in [0.1, 0.15) is 5.76 Å². The Kier molecular flexibility index (Phi) is 4.62. The lowest BCUT2D eigenvalue weighted by molar-refractivity contribution is -0.0120. The smallest absolute Gasteiger partial charge is 0.289 e. The molecular weight excluding hydrogens is 326 g/mol. The monoisotopic (exact) mass is 351 g/mol. The number of hydrogen-bond acceptors (Lipinski definition) is 5. The van der Waals surface area contributed by atoms with E-state index in [0.29, 0.717) is 17.8 Å². The summed E-state index contributed by atoms with van der Waals surface area (Å²) in [6.45, 7) is 6.10. The molecule has 1 spiro atoms. The second kappa shape index (κ2) is 6.73. The summed E-state index contributed by atoms with van der Waals surface area (Å²) in [6.07, 6.45) is 3.63. The van der Waals surface area contributed by atoms with Gasteiger partial charge in [-0.3, -0.25) is 4.79 Å². The van der Waals surface area contributed by atoms with E-state index in [9.17, 15) is 4.79 Å². The maximum Gasteiger partial charge on any atom is 0.289 e. The van der Waals surface area contributed by atoms with Crippen LogP contribution in [0.4, 0.5) is 0 Å². The highest BCUT2D eigenvalue weighted by molar-refractivity contribution is 8.01. The number of furan rings is 1. The number of hydrogen-bond donors (Lipinski definition) is 0. The lowest BCUT2D eigenvalue weighted by Crippen LogP contribution is -2.60. The Labute approximate surface area is 147 Å². The molecule has 3 aliphatic heterocycles. The number of rotatable bonds is 4. The average Bonchev–Trinajstić information content (AvgIpc) is 3.18. The molecule has 0 aliphatic carbocycles. The number of carbonyl (C=O) groups excluding carboxylic acids is 1. The first-order valence-corrected chi connectivity index (χ1v) is 9.81. The molecule has 0 N–H and O–H groups in total. The number of amides is 1. The van der Waals surface area contributed by atoms with Crippen LogP contribution in [0.25, 0.3) is 0 Å². The van der Waals surface area contributed by atoms with Crippen molar-refractivity contribution in [3.05, 3.63) is 23.7 Å². The molecule has 132 valence electrons. The Bertz CT molecular complexity index is 590. The van der Waals surface area contributed by atoms with Crippen LogP contribution in [0.5, 0.6) is 0 Å². The van der Waals surface area contributed by atoms with Gasteiger partial charge in [0.05, 0.1) is 10.9 Å². The topological polar surface area (TPSA) is 51.9 Å². The third-order valence-corrected chi connectivity index (χ3v) is 6.86. The molecule has 1 aromatic heterocycles. The van der Waals surface area contributed by atoms with Crippen LogP contribution in [0, 0.1) is 12.8 Å². The van der Waals surface area contributed by atoms with Crippen molar-refractivity contribution in [3.63, 3.8) is 0 Å². The minimum atomic E-state index is 0.0147. The predicted octanol–water partition coefficient (Wildman–Crippen LogP) is 2.73. The van der Waals surface area contributed by atoms with Gasteiger partial charge in [0.15, 0.2) is 5.76 Å². The van der Waals surface area contributed by atoms with Gasteiger partial charge >= 0.3 is 0 Å². The van der Waals surface area contributed by atoms with Gasteiger partial charge in [0.25, 0.3) is 5.91 Å². The summed E-state index contributed by atoms with van der Waals surface area (Å²) in [4.78, 5) is 14.3. The highest BCUT2D eigenvalue weighted by Gasteiger charge is 2.51. The predicted molar refractivity (Wildman–Crippen MR) is 92.4 cm³/mol. The normalized spacial score (nSPS) is 26.7. The number of thioether (sulfide) groups is 1. The van der Waals surface area contributed by atoms with Crippen molar-refractivity contribution in [1.82, 2.24) is 4.90 Å². The van der Waals surface area contributed by atoms with E-state index < -0.39 is 0 Å². The van der Waals surface area contributed by atoms with E-state index in [0.717, 1.165) is 63.7 Å². The van der Waals surface area contributed by atoms with Crippen LogP contribution in [0.3, 0.4) is 0 Å². The Morgan fingerprint density at radius 3 is 2.88 bits per heavy atom. The molecule has 3 fully saturated rings. The molecule has 0 saturated carbocycles. The van der Waals surface area contributed by atoms with Crippen LogP contribution in [-0.4, -0.2) is 60.3 Å². The van der Waals surface area contributed by atoms with Crippen LogP contribution in [0.15, 0.2) is 16.5 Å². The van der Waals surface area contributed by atoms with Gasteiger partial charge in [0.2, 0.25) is 0 Å². The van der Waals surface area contributed by atoms with Crippen molar-refractivity contribution >= 4 is 17.7 Å². The van der Waals surface area contributed by atoms with Crippen LogP contribution >= 0.6 is 11.8 Å². The number of nitrogens with zero attached hydrogens (tertiary/aromatic N) is 1. The number of aryl methyl sites for hydroxylation is 1.